The minimum Gasteiger partial charge on any atom is -0.387 e. The van der Waals surface area contributed by atoms with Crippen LogP contribution < -0.4 is 5.73 Å². The van der Waals surface area contributed by atoms with Crippen molar-refractivity contribution in [2.45, 2.75) is 38.8 Å². The number of benzene rings is 1. The SMILES string of the molecule is CCCC1(O)CN(Cc2ccc(C(N)=O)cc2C)C1. The van der Waals surface area contributed by atoms with Crippen LogP contribution in [0.1, 0.15) is 41.3 Å². The predicted octanol–water partition coefficient (Wildman–Crippen LogP) is 1.44. The van der Waals surface area contributed by atoms with Gasteiger partial charge in [0, 0.05) is 25.2 Å². The van der Waals surface area contributed by atoms with Crippen LogP contribution in [-0.4, -0.2) is 34.6 Å². The monoisotopic (exact) mass is 262 g/mol. The number of aryl methyl sites for hydroxylation is 1. The van der Waals surface area contributed by atoms with Gasteiger partial charge in [0.15, 0.2) is 0 Å². The molecule has 0 atom stereocenters. The van der Waals surface area contributed by atoms with Crippen LogP contribution in [0, 0.1) is 6.92 Å². The van der Waals surface area contributed by atoms with Crippen LogP contribution in [0.25, 0.3) is 0 Å². The molecule has 0 spiro atoms. The molecule has 1 aromatic rings. The van der Waals surface area contributed by atoms with Gasteiger partial charge in [0.2, 0.25) is 5.91 Å². The van der Waals surface area contributed by atoms with Crippen molar-refractivity contribution in [3.8, 4) is 0 Å². The van der Waals surface area contributed by atoms with Crippen molar-refractivity contribution in [1.82, 2.24) is 4.90 Å². The van der Waals surface area contributed by atoms with E-state index in [4.69, 9.17) is 5.73 Å². The summed E-state index contributed by atoms with van der Waals surface area (Å²) in [6.45, 7) is 6.36. The first-order valence-electron chi connectivity index (χ1n) is 6.77. The molecule has 0 aliphatic carbocycles. The number of carbonyl (C=O) groups excluding carboxylic acids is 1. The minimum absolute atomic E-state index is 0.393. The second-order valence-corrected chi connectivity index (χ2v) is 5.63. The van der Waals surface area contributed by atoms with Crippen molar-refractivity contribution >= 4 is 5.91 Å². The number of nitrogens with two attached hydrogens (primary N) is 1. The number of carbonyl (C=O) groups is 1. The van der Waals surface area contributed by atoms with E-state index in [2.05, 4.69) is 11.8 Å². The lowest BCUT2D eigenvalue weighted by molar-refractivity contribution is -0.106. The Kier molecular flexibility index (Phi) is 3.92. The van der Waals surface area contributed by atoms with Crippen LogP contribution in [0.3, 0.4) is 0 Å². The summed E-state index contributed by atoms with van der Waals surface area (Å²) in [7, 11) is 0. The molecule has 0 unspecified atom stereocenters. The standard InChI is InChI=1S/C15H22N2O2/c1-3-6-15(19)9-17(10-15)8-13-5-4-12(14(16)18)7-11(13)2/h4-5,7,19H,3,6,8-10H2,1-2H3,(H2,16,18). The molecule has 1 amide bonds. The van der Waals surface area contributed by atoms with Crippen molar-refractivity contribution in [2.24, 2.45) is 5.73 Å². The number of aliphatic hydroxyl groups is 1. The van der Waals surface area contributed by atoms with Gasteiger partial charge in [0.05, 0.1) is 5.60 Å². The summed E-state index contributed by atoms with van der Waals surface area (Å²) in [5, 5.41) is 10.1. The van der Waals surface area contributed by atoms with Crippen molar-refractivity contribution in [1.29, 1.82) is 0 Å². The maximum atomic E-state index is 11.1. The van der Waals surface area contributed by atoms with Gasteiger partial charge in [-0.05, 0) is 36.6 Å². The Labute approximate surface area is 114 Å². The van der Waals surface area contributed by atoms with E-state index in [1.165, 1.54) is 5.56 Å². The molecule has 1 saturated heterocycles. The van der Waals surface area contributed by atoms with Crippen LogP contribution in [0.4, 0.5) is 0 Å². The molecule has 1 fully saturated rings. The smallest absolute Gasteiger partial charge is 0.248 e. The van der Waals surface area contributed by atoms with Crippen molar-refractivity contribution in [2.75, 3.05) is 13.1 Å². The number of primary amides is 1. The molecule has 4 nitrogen and oxygen atoms in total. The second-order valence-electron chi connectivity index (χ2n) is 5.63. The van der Waals surface area contributed by atoms with Gasteiger partial charge in [-0.2, -0.15) is 0 Å². The summed E-state index contributed by atoms with van der Waals surface area (Å²) >= 11 is 0. The molecule has 1 aliphatic heterocycles. The molecule has 1 aliphatic rings. The maximum Gasteiger partial charge on any atom is 0.248 e. The first-order valence-corrected chi connectivity index (χ1v) is 6.77. The first-order chi connectivity index (χ1) is 8.93. The normalized spacial score (nSPS) is 18.1. The van der Waals surface area contributed by atoms with E-state index in [1.54, 1.807) is 6.07 Å². The summed E-state index contributed by atoms with van der Waals surface area (Å²) in [5.74, 6) is -0.393. The van der Waals surface area contributed by atoms with Crippen LogP contribution in [0.2, 0.25) is 0 Å². The Morgan fingerprint density at radius 1 is 1.47 bits per heavy atom. The fourth-order valence-corrected chi connectivity index (χ4v) is 2.79. The van der Waals surface area contributed by atoms with Crippen molar-refractivity contribution in [3.05, 3.63) is 34.9 Å². The van der Waals surface area contributed by atoms with E-state index in [9.17, 15) is 9.90 Å². The second kappa shape index (κ2) is 5.31. The summed E-state index contributed by atoms with van der Waals surface area (Å²) in [6.07, 6.45) is 1.87. The fourth-order valence-electron chi connectivity index (χ4n) is 2.79. The lowest BCUT2D eigenvalue weighted by Crippen LogP contribution is -2.61. The number of hydrogen-bond acceptors (Lipinski definition) is 3. The molecule has 2 rings (SSSR count). The van der Waals surface area contributed by atoms with E-state index < -0.39 is 11.5 Å². The highest BCUT2D eigenvalue weighted by Gasteiger charge is 2.39. The van der Waals surface area contributed by atoms with Gasteiger partial charge in [-0.3, -0.25) is 9.69 Å². The van der Waals surface area contributed by atoms with Gasteiger partial charge >= 0.3 is 0 Å². The van der Waals surface area contributed by atoms with Crippen molar-refractivity contribution in [3.63, 3.8) is 0 Å². The Hall–Kier alpha value is -1.39. The molecule has 0 bridgehead atoms. The largest absolute Gasteiger partial charge is 0.387 e. The van der Waals surface area contributed by atoms with E-state index in [-0.39, 0.29) is 0 Å². The first kappa shape index (κ1) is 14.0. The molecule has 0 radical (unpaired) electrons. The van der Waals surface area contributed by atoms with Crippen LogP contribution in [0.5, 0.6) is 0 Å². The highest BCUT2D eigenvalue weighted by molar-refractivity contribution is 5.93. The molecule has 3 N–H and O–H groups in total. The third kappa shape index (κ3) is 3.14. The van der Waals surface area contributed by atoms with E-state index in [0.717, 1.165) is 38.0 Å². The van der Waals surface area contributed by atoms with Gasteiger partial charge in [-0.25, -0.2) is 0 Å². The number of nitrogens with zero attached hydrogens (tertiary/aromatic N) is 1. The highest BCUT2D eigenvalue weighted by atomic mass is 16.3. The molecule has 19 heavy (non-hydrogen) atoms. The summed E-state index contributed by atoms with van der Waals surface area (Å²) in [6, 6.07) is 5.55. The minimum atomic E-state index is -0.490. The number of rotatable bonds is 5. The summed E-state index contributed by atoms with van der Waals surface area (Å²) in [4.78, 5) is 13.3. The van der Waals surface area contributed by atoms with Gasteiger partial charge in [-0.15, -0.1) is 0 Å². The number of hydrogen-bond donors (Lipinski definition) is 2. The Balaban J connectivity index is 1.96. The predicted molar refractivity (Wildman–Crippen MR) is 74.8 cm³/mol. The zero-order valence-corrected chi connectivity index (χ0v) is 11.6. The summed E-state index contributed by atoms with van der Waals surface area (Å²) < 4.78 is 0. The molecule has 4 heteroatoms. The highest BCUT2D eigenvalue weighted by Crippen LogP contribution is 2.27. The Bertz CT molecular complexity index is 479. The zero-order valence-electron chi connectivity index (χ0n) is 11.6. The quantitative estimate of drug-likeness (QED) is 0.844. The molecule has 104 valence electrons. The lowest BCUT2D eigenvalue weighted by Gasteiger charge is -2.46. The van der Waals surface area contributed by atoms with E-state index >= 15 is 0 Å². The maximum absolute atomic E-state index is 11.1. The van der Waals surface area contributed by atoms with Gasteiger partial charge in [0.25, 0.3) is 0 Å². The van der Waals surface area contributed by atoms with Gasteiger partial charge in [0.1, 0.15) is 0 Å². The van der Waals surface area contributed by atoms with Gasteiger partial charge in [-0.1, -0.05) is 19.4 Å². The topological polar surface area (TPSA) is 66.6 Å². The van der Waals surface area contributed by atoms with E-state index in [0.29, 0.717) is 5.56 Å². The third-order valence-electron chi connectivity index (χ3n) is 3.77. The molecule has 1 aromatic carbocycles. The van der Waals surface area contributed by atoms with E-state index in [1.807, 2.05) is 19.1 Å². The molecular formula is C15H22N2O2. The van der Waals surface area contributed by atoms with Crippen molar-refractivity contribution < 1.29 is 9.90 Å². The van der Waals surface area contributed by atoms with Crippen LogP contribution in [-0.2, 0) is 6.54 Å². The fraction of sp³-hybridized carbons (Fsp3) is 0.533. The molecule has 1 heterocycles. The Morgan fingerprint density at radius 2 is 2.16 bits per heavy atom. The average Bonchev–Trinajstić information content (AvgIpc) is 2.29. The lowest BCUT2D eigenvalue weighted by atomic mass is 9.88. The Morgan fingerprint density at radius 3 is 2.68 bits per heavy atom. The number of β-amino-alcohol motifs (C(OH)–C–C–N with tert-alkyl or cyclic N) is 1. The summed E-state index contributed by atoms with van der Waals surface area (Å²) in [5.41, 5.74) is 7.57. The van der Waals surface area contributed by atoms with Crippen LogP contribution in [0.15, 0.2) is 18.2 Å². The molecular weight excluding hydrogens is 240 g/mol. The molecule has 0 aromatic heterocycles. The number of amides is 1. The van der Waals surface area contributed by atoms with Gasteiger partial charge < -0.3 is 10.8 Å². The molecule has 0 saturated carbocycles. The zero-order chi connectivity index (χ0) is 14.0. The third-order valence-corrected chi connectivity index (χ3v) is 3.77. The average molecular weight is 262 g/mol. The van der Waals surface area contributed by atoms with Crippen LogP contribution >= 0.6 is 0 Å². The number of likely N-dealkylation sites (tertiary alicyclic amines) is 1.